The third-order valence-corrected chi connectivity index (χ3v) is 5.29. The van der Waals surface area contributed by atoms with E-state index in [1.165, 1.54) is 29.6 Å². The fourth-order valence-corrected chi connectivity index (χ4v) is 3.98. The Morgan fingerprint density at radius 2 is 2.20 bits per heavy atom. The van der Waals surface area contributed by atoms with Crippen LogP contribution in [0.3, 0.4) is 0 Å². The first-order valence-electron chi connectivity index (χ1n) is 7.86. The van der Waals surface area contributed by atoms with Gasteiger partial charge in [-0.25, -0.2) is 4.39 Å². The van der Waals surface area contributed by atoms with Gasteiger partial charge in [0.1, 0.15) is 5.82 Å². The van der Waals surface area contributed by atoms with Gasteiger partial charge in [0.15, 0.2) is 16.1 Å². The summed E-state index contributed by atoms with van der Waals surface area (Å²) in [6.45, 7) is 4.69. The molecule has 132 valence electrons. The standard InChI is InChI=1S/C16H18FN5OS2/c1-10(2)22-14(11-5-3-4-6-12(11)17)20-21-16(22)25-9-13(23)19-15-18-7-8-24-15/h3-6,10H,7-9H2,1-2H3,(H,18,19,23). The molecule has 1 aromatic heterocycles. The molecule has 0 atom stereocenters. The van der Waals surface area contributed by atoms with Gasteiger partial charge in [-0.1, -0.05) is 35.7 Å². The number of nitrogens with zero attached hydrogens (tertiary/aromatic N) is 4. The summed E-state index contributed by atoms with van der Waals surface area (Å²) < 4.78 is 15.9. The number of amides is 1. The molecule has 0 radical (unpaired) electrons. The van der Waals surface area contributed by atoms with E-state index in [1.807, 2.05) is 18.4 Å². The number of benzene rings is 1. The maximum Gasteiger partial charge on any atom is 0.236 e. The quantitative estimate of drug-likeness (QED) is 0.809. The number of carbonyl (C=O) groups is 1. The SMILES string of the molecule is CC(C)n1c(SCC(=O)NC2=NCCS2)nnc1-c1ccccc1F. The van der Waals surface area contributed by atoms with Crippen molar-refractivity contribution in [2.24, 2.45) is 4.99 Å². The van der Waals surface area contributed by atoms with Gasteiger partial charge < -0.3 is 5.32 Å². The average Bonchev–Trinajstić information content (AvgIpc) is 3.22. The molecule has 2 heterocycles. The van der Waals surface area contributed by atoms with Gasteiger partial charge in [0.2, 0.25) is 5.91 Å². The number of aromatic nitrogens is 3. The summed E-state index contributed by atoms with van der Waals surface area (Å²) >= 11 is 2.82. The van der Waals surface area contributed by atoms with Gasteiger partial charge in [-0.2, -0.15) is 0 Å². The summed E-state index contributed by atoms with van der Waals surface area (Å²) in [4.78, 5) is 16.2. The maximum absolute atomic E-state index is 14.1. The number of hydrogen-bond donors (Lipinski definition) is 1. The topological polar surface area (TPSA) is 72.2 Å². The summed E-state index contributed by atoms with van der Waals surface area (Å²) in [7, 11) is 0. The Hall–Kier alpha value is -1.87. The number of halogens is 1. The van der Waals surface area contributed by atoms with Crippen LogP contribution in [0.2, 0.25) is 0 Å². The van der Waals surface area contributed by atoms with Gasteiger partial charge in [-0.15, -0.1) is 10.2 Å². The van der Waals surface area contributed by atoms with E-state index in [0.717, 1.165) is 12.3 Å². The number of hydrogen-bond acceptors (Lipinski definition) is 6. The summed E-state index contributed by atoms with van der Waals surface area (Å²) in [5.41, 5.74) is 0.400. The second-order valence-electron chi connectivity index (χ2n) is 5.62. The number of nitrogens with one attached hydrogen (secondary N) is 1. The molecule has 3 rings (SSSR count). The van der Waals surface area contributed by atoms with Crippen molar-refractivity contribution in [3.8, 4) is 11.4 Å². The second kappa shape index (κ2) is 8.01. The smallest absolute Gasteiger partial charge is 0.236 e. The highest BCUT2D eigenvalue weighted by molar-refractivity contribution is 8.14. The molecule has 1 amide bonds. The average molecular weight is 379 g/mol. The first-order valence-corrected chi connectivity index (χ1v) is 9.83. The molecule has 0 saturated carbocycles. The summed E-state index contributed by atoms with van der Waals surface area (Å²) in [5.74, 6) is 1.08. The number of carbonyl (C=O) groups excluding carboxylic acids is 1. The molecule has 0 spiro atoms. The Kier molecular flexibility index (Phi) is 5.74. The summed E-state index contributed by atoms with van der Waals surface area (Å²) in [6, 6.07) is 6.51. The van der Waals surface area contributed by atoms with E-state index in [2.05, 4.69) is 20.5 Å². The van der Waals surface area contributed by atoms with Crippen molar-refractivity contribution in [2.75, 3.05) is 18.1 Å². The minimum Gasteiger partial charge on any atom is -0.305 e. The highest BCUT2D eigenvalue weighted by Gasteiger charge is 2.20. The van der Waals surface area contributed by atoms with Gasteiger partial charge in [0, 0.05) is 11.8 Å². The lowest BCUT2D eigenvalue weighted by atomic mass is 10.2. The van der Waals surface area contributed by atoms with Crippen molar-refractivity contribution in [3.05, 3.63) is 30.1 Å². The summed E-state index contributed by atoms with van der Waals surface area (Å²) in [5, 5.41) is 12.3. The van der Waals surface area contributed by atoms with Gasteiger partial charge in [-0.3, -0.25) is 14.4 Å². The van der Waals surface area contributed by atoms with Crippen molar-refractivity contribution in [1.82, 2.24) is 20.1 Å². The van der Waals surface area contributed by atoms with Gasteiger partial charge >= 0.3 is 0 Å². The van der Waals surface area contributed by atoms with E-state index in [9.17, 15) is 9.18 Å². The number of amidine groups is 1. The van der Waals surface area contributed by atoms with Crippen LogP contribution in [-0.4, -0.2) is 43.9 Å². The number of rotatable bonds is 5. The van der Waals surface area contributed by atoms with Crippen LogP contribution in [-0.2, 0) is 4.79 Å². The third-order valence-electron chi connectivity index (χ3n) is 3.46. The Balaban J connectivity index is 1.76. The minimum absolute atomic E-state index is 0.0323. The van der Waals surface area contributed by atoms with Crippen molar-refractivity contribution in [3.63, 3.8) is 0 Å². The molecule has 0 bridgehead atoms. The number of thioether (sulfide) groups is 2. The molecule has 0 fully saturated rings. The predicted octanol–water partition coefficient (Wildman–Crippen LogP) is 2.98. The molecule has 1 aliphatic heterocycles. The van der Waals surface area contributed by atoms with Crippen molar-refractivity contribution >= 4 is 34.6 Å². The van der Waals surface area contributed by atoms with Crippen LogP contribution in [0.4, 0.5) is 4.39 Å². The van der Waals surface area contributed by atoms with Gasteiger partial charge in [0.25, 0.3) is 0 Å². The van der Waals surface area contributed by atoms with Crippen molar-refractivity contribution in [1.29, 1.82) is 0 Å². The normalized spacial score (nSPS) is 14.0. The molecule has 0 aliphatic carbocycles. The van der Waals surface area contributed by atoms with E-state index < -0.39 is 0 Å². The van der Waals surface area contributed by atoms with E-state index in [0.29, 0.717) is 21.7 Å². The van der Waals surface area contributed by atoms with Gasteiger partial charge in [-0.05, 0) is 26.0 Å². The van der Waals surface area contributed by atoms with Crippen LogP contribution >= 0.6 is 23.5 Å². The predicted molar refractivity (Wildman–Crippen MR) is 99.4 cm³/mol. The zero-order chi connectivity index (χ0) is 17.8. The molecule has 0 unspecified atom stereocenters. The van der Waals surface area contributed by atoms with Crippen LogP contribution in [0.15, 0.2) is 34.4 Å². The molecular formula is C16H18FN5OS2. The Labute approximate surface area is 153 Å². The fraction of sp³-hybridized carbons (Fsp3) is 0.375. The molecule has 6 nitrogen and oxygen atoms in total. The first kappa shape index (κ1) is 17.9. The molecule has 25 heavy (non-hydrogen) atoms. The van der Waals surface area contributed by atoms with Crippen LogP contribution < -0.4 is 5.32 Å². The molecular weight excluding hydrogens is 361 g/mol. The van der Waals surface area contributed by atoms with Crippen LogP contribution in [0.5, 0.6) is 0 Å². The van der Waals surface area contributed by atoms with Crippen molar-refractivity contribution < 1.29 is 9.18 Å². The van der Waals surface area contributed by atoms with E-state index in [1.54, 1.807) is 18.2 Å². The highest BCUT2D eigenvalue weighted by Crippen LogP contribution is 2.29. The minimum atomic E-state index is -0.345. The Morgan fingerprint density at radius 3 is 2.88 bits per heavy atom. The number of aliphatic imine (C=N–C) groups is 1. The van der Waals surface area contributed by atoms with E-state index in [-0.39, 0.29) is 23.5 Å². The molecule has 9 heteroatoms. The maximum atomic E-state index is 14.1. The third kappa shape index (κ3) is 4.21. The zero-order valence-electron chi connectivity index (χ0n) is 13.9. The summed E-state index contributed by atoms with van der Waals surface area (Å²) in [6.07, 6.45) is 0. The molecule has 0 saturated heterocycles. The zero-order valence-corrected chi connectivity index (χ0v) is 15.5. The fourth-order valence-electron chi connectivity index (χ4n) is 2.36. The Bertz CT molecular complexity index is 806. The molecule has 1 aromatic carbocycles. The molecule has 1 N–H and O–H groups in total. The lowest BCUT2D eigenvalue weighted by Crippen LogP contribution is -2.29. The van der Waals surface area contributed by atoms with E-state index >= 15 is 0 Å². The lowest BCUT2D eigenvalue weighted by molar-refractivity contribution is -0.117. The Morgan fingerprint density at radius 1 is 1.40 bits per heavy atom. The largest absolute Gasteiger partial charge is 0.305 e. The van der Waals surface area contributed by atoms with Crippen LogP contribution in [0, 0.1) is 5.82 Å². The monoisotopic (exact) mass is 379 g/mol. The molecule has 1 aliphatic rings. The van der Waals surface area contributed by atoms with Crippen LogP contribution in [0.25, 0.3) is 11.4 Å². The van der Waals surface area contributed by atoms with Gasteiger partial charge in [0.05, 0.1) is 17.9 Å². The lowest BCUT2D eigenvalue weighted by Gasteiger charge is -2.14. The van der Waals surface area contributed by atoms with E-state index in [4.69, 9.17) is 0 Å². The van der Waals surface area contributed by atoms with Crippen molar-refractivity contribution in [2.45, 2.75) is 25.0 Å². The highest BCUT2D eigenvalue weighted by atomic mass is 32.2. The van der Waals surface area contributed by atoms with Crippen LogP contribution in [0.1, 0.15) is 19.9 Å². The molecule has 2 aromatic rings. The first-order chi connectivity index (χ1) is 12.1. The second-order valence-corrected chi connectivity index (χ2v) is 7.65.